The van der Waals surface area contributed by atoms with Crippen LogP contribution >= 0.6 is 0 Å². The van der Waals surface area contributed by atoms with Gasteiger partial charge in [0.1, 0.15) is 0 Å². The summed E-state index contributed by atoms with van der Waals surface area (Å²) in [6, 6.07) is 0. The van der Waals surface area contributed by atoms with Crippen molar-refractivity contribution in [1.82, 2.24) is 0 Å². The molecular weight excluding hydrogens is 134 g/mol. The third kappa shape index (κ3) is 4.41. The van der Waals surface area contributed by atoms with Crippen LogP contribution in [0.1, 0.15) is 53.4 Å². The standard InChI is InChI=1S/C8H17N.C2H6/c1-7-4-3-5-8(2,9)6-7;1-2/h7H,3-6,9H2,1-2H3;1-2H3. The zero-order valence-electron chi connectivity index (χ0n) is 8.48. The SMILES string of the molecule is CC.CC1CCCC(C)(N)C1. The summed E-state index contributed by atoms with van der Waals surface area (Å²) in [6.45, 7) is 8.47. The van der Waals surface area contributed by atoms with Gasteiger partial charge >= 0.3 is 0 Å². The molecule has 0 bridgehead atoms. The first-order valence-corrected chi connectivity index (χ1v) is 4.89. The quantitative estimate of drug-likeness (QED) is 0.575. The highest BCUT2D eigenvalue weighted by atomic mass is 14.7. The van der Waals surface area contributed by atoms with E-state index < -0.39 is 0 Å². The Bertz CT molecular complexity index is 97.0. The summed E-state index contributed by atoms with van der Waals surface area (Å²) >= 11 is 0. The highest BCUT2D eigenvalue weighted by Gasteiger charge is 2.25. The third-order valence-electron chi connectivity index (χ3n) is 2.26. The lowest BCUT2D eigenvalue weighted by atomic mass is 9.78. The first-order valence-electron chi connectivity index (χ1n) is 4.89. The molecule has 1 aliphatic carbocycles. The normalized spacial score (nSPS) is 37.4. The number of rotatable bonds is 0. The van der Waals surface area contributed by atoms with Crippen molar-refractivity contribution in [1.29, 1.82) is 0 Å². The maximum absolute atomic E-state index is 5.97. The maximum atomic E-state index is 5.97. The molecule has 68 valence electrons. The summed E-state index contributed by atoms with van der Waals surface area (Å²) in [5, 5.41) is 0. The van der Waals surface area contributed by atoms with Gasteiger partial charge in [0.05, 0.1) is 0 Å². The van der Waals surface area contributed by atoms with Crippen LogP contribution in [0.15, 0.2) is 0 Å². The third-order valence-corrected chi connectivity index (χ3v) is 2.26. The van der Waals surface area contributed by atoms with Crippen LogP contribution in [0.4, 0.5) is 0 Å². The van der Waals surface area contributed by atoms with Gasteiger partial charge in [0, 0.05) is 5.54 Å². The van der Waals surface area contributed by atoms with Gasteiger partial charge in [-0.25, -0.2) is 0 Å². The molecule has 0 amide bonds. The lowest BCUT2D eigenvalue weighted by Crippen LogP contribution is -2.40. The van der Waals surface area contributed by atoms with Crippen LogP contribution in [0, 0.1) is 5.92 Å². The Kier molecular flexibility index (Phi) is 4.74. The Balaban J connectivity index is 0.000000461. The largest absolute Gasteiger partial charge is 0.325 e. The topological polar surface area (TPSA) is 26.0 Å². The Morgan fingerprint density at radius 2 is 1.91 bits per heavy atom. The van der Waals surface area contributed by atoms with Crippen LogP contribution in [0.2, 0.25) is 0 Å². The van der Waals surface area contributed by atoms with E-state index in [-0.39, 0.29) is 5.54 Å². The van der Waals surface area contributed by atoms with E-state index in [4.69, 9.17) is 5.73 Å². The van der Waals surface area contributed by atoms with Crippen molar-refractivity contribution in [3.8, 4) is 0 Å². The van der Waals surface area contributed by atoms with Gasteiger partial charge in [-0.2, -0.15) is 0 Å². The van der Waals surface area contributed by atoms with E-state index in [2.05, 4.69) is 13.8 Å². The monoisotopic (exact) mass is 157 g/mol. The fraction of sp³-hybridized carbons (Fsp3) is 1.00. The predicted molar refractivity (Wildman–Crippen MR) is 51.6 cm³/mol. The Morgan fingerprint density at radius 3 is 2.18 bits per heavy atom. The Hall–Kier alpha value is -0.0400. The van der Waals surface area contributed by atoms with Gasteiger partial charge in [-0.15, -0.1) is 0 Å². The molecule has 2 N–H and O–H groups in total. The van der Waals surface area contributed by atoms with Crippen LogP contribution in [-0.4, -0.2) is 5.54 Å². The van der Waals surface area contributed by atoms with Crippen molar-refractivity contribution in [3.05, 3.63) is 0 Å². The molecular formula is C10H23N. The summed E-state index contributed by atoms with van der Waals surface area (Å²) in [7, 11) is 0. The molecule has 0 saturated heterocycles. The van der Waals surface area contributed by atoms with Crippen LogP contribution < -0.4 is 5.73 Å². The highest BCUT2D eigenvalue weighted by molar-refractivity contribution is 4.84. The molecule has 2 unspecified atom stereocenters. The highest BCUT2D eigenvalue weighted by Crippen LogP contribution is 2.29. The Morgan fingerprint density at radius 1 is 1.36 bits per heavy atom. The minimum absolute atomic E-state index is 0.150. The molecule has 0 aliphatic heterocycles. The van der Waals surface area contributed by atoms with Crippen molar-refractivity contribution >= 4 is 0 Å². The average Bonchev–Trinajstić information content (AvgIpc) is 1.89. The van der Waals surface area contributed by atoms with E-state index in [1.807, 2.05) is 13.8 Å². The molecule has 1 aliphatic rings. The molecule has 1 heteroatoms. The molecule has 1 saturated carbocycles. The smallest absolute Gasteiger partial charge is 0.0128 e. The minimum Gasteiger partial charge on any atom is -0.325 e. The van der Waals surface area contributed by atoms with Gasteiger partial charge in [0.25, 0.3) is 0 Å². The molecule has 0 aromatic heterocycles. The second-order valence-corrected chi connectivity index (χ2v) is 3.86. The molecule has 1 nitrogen and oxygen atoms in total. The molecule has 11 heavy (non-hydrogen) atoms. The Labute approximate surface area is 71.4 Å². The van der Waals surface area contributed by atoms with E-state index in [1.54, 1.807) is 0 Å². The number of nitrogens with two attached hydrogens (primary N) is 1. The van der Waals surface area contributed by atoms with Crippen LogP contribution in [-0.2, 0) is 0 Å². The second-order valence-electron chi connectivity index (χ2n) is 3.86. The van der Waals surface area contributed by atoms with E-state index >= 15 is 0 Å². The summed E-state index contributed by atoms with van der Waals surface area (Å²) in [5.41, 5.74) is 6.12. The number of hydrogen-bond acceptors (Lipinski definition) is 1. The zero-order chi connectivity index (χ0) is 8.91. The lowest BCUT2D eigenvalue weighted by molar-refractivity contribution is 0.256. The average molecular weight is 157 g/mol. The van der Waals surface area contributed by atoms with E-state index in [0.29, 0.717) is 0 Å². The summed E-state index contributed by atoms with van der Waals surface area (Å²) < 4.78 is 0. The van der Waals surface area contributed by atoms with Crippen molar-refractivity contribution in [2.45, 2.75) is 58.9 Å². The van der Waals surface area contributed by atoms with Crippen molar-refractivity contribution in [2.24, 2.45) is 11.7 Å². The van der Waals surface area contributed by atoms with Crippen molar-refractivity contribution in [3.63, 3.8) is 0 Å². The maximum Gasteiger partial charge on any atom is 0.0128 e. The minimum atomic E-state index is 0.150. The van der Waals surface area contributed by atoms with Gasteiger partial charge in [0.2, 0.25) is 0 Å². The molecule has 0 aromatic carbocycles. The second kappa shape index (κ2) is 4.76. The van der Waals surface area contributed by atoms with Crippen LogP contribution in [0.3, 0.4) is 0 Å². The molecule has 1 rings (SSSR count). The van der Waals surface area contributed by atoms with Gasteiger partial charge in [-0.05, 0) is 25.7 Å². The fourth-order valence-electron chi connectivity index (χ4n) is 1.85. The first kappa shape index (κ1) is 11.0. The van der Waals surface area contributed by atoms with Crippen molar-refractivity contribution < 1.29 is 0 Å². The molecule has 0 heterocycles. The van der Waals surface area contributed by atoms with Gasteiger partial charge in [0.15, 0.2) is 0 Å². The molecule has 2 atom stereocenters. The molecule has 1 fully saturated rings. The molecule has 0 spiro atoms. The molecule has 0 aromatic rings. The van der Waals surface area contributed by atoms with Gasteiger partial charge < -0.3 is 5.73 Å². The van der Waals surface area contributed by atoms with Gasteiger partial charge in [-0.1, -0.05) is 33.6 Å². The zero-order valence-corrected chi connectivity index (χ0v) is 8.48. The van der Waals surface area contributed by atoms with Crippen LogP contribution in [0.5, 0.6) is 0 Å². The lowest BCUT2D eigenvalue weighted by Gasteiger charge is -2.33. The summed E-state index contributed by atoms with van der Waals surface area (Å²) in [6.07, 6.45) is 5.14. The fourth-order valence-corrected chi connectivity index (χ4v) is 1.85. The summed E-state index contributed by atoms with van der Waals surface area (Å²) in [4.78, 5) is 0. The van der Waals surface area contributed by atoms with Gasteiger partial charge in [-0.3, -0.25) is 0 Å². The predicted octanol–water partition coefficient (Wildman–Crippen LogP) is 2.94. The first-order chi connectivity index (χ1) is 5.10. The molecule has 0 radical (unpaired) electrons. The summed E-state index contributed by atoms with van der Waals surface area (Å²) in [5.74, 6) is 0.855. The van der Waals surface area contributed by atoms with E-state index in [1.165, 1.54) is 25.7 Å². The van der Waals surface area contributed by atoms with Crippen molar-refractivity contribution in [2.75, 3.05) is 0 Å². The van der Waals surface area contributed by atoms with E-state index in [9.17, 15) is 0 Å². The number of hydrogen-bond donors (Lipinski definition) is 1. The van der Waals surface area contributed by atoms with Crippen LogP contribution in [0.25, 0.3) is 0 Å². The van der Waals surface area contributed by atoms with E-state index in [0.717, 1.165) is 5.92 Å².